The maximum Gasteiger partial charge on any atom is 0.258 e. The van der Waals surface area contributed by atoms with Gasteiger partial charge in [0.25, 0.3) is 11.8 Å². The van der Waals surface area contributed by atoms with Crippen LogP contribution in [0.2, 0.25) is 0 Å². The van der Waals surface area contributed by atoms with E-state index in [2.05, 4.69) is 10.1 Å². The average molecular weight is 353 g/mol. The summed E-state index contributed by atoms with van der Waals surface area (Å²) < 4.78 is 16.3. The number of hydrogen-bond acceptors (Lipinski definition) is 6. The van der Waals surface area contributed by atoms with Gasteiger partial charge in [0, 0.05) is 11.1 Å². The number of nitrogens with zero attached hydrogens (tertiary/aromatic N) is 2. The van der Waals surface area contributed by atoms with Crippen LogP contribution in [0.5, 0.6) is 11.5 Å². The maximum atomic E-state index is 10.9. The molecule has 0 aliphatic rings. The van der Waals surface area contributed by atoms with Crippen molar-refractivity contribution >= 4 is 5.91 Å². The summed E-state index contributed by atoms with van der Waals surface area (Å²) in [5, 5.41) is 4.03. The van der Waals surface area contributed by atoms with Crippen LogP contribution in [0.15, 0.2) is 47.0 Å². The molecule has 134 valence electrons. The molecule has 0 spiro atoms. The summed E-state index contributed by atoms with van der Waals surface area (Å²) in [6, 6.07) is 13.0. The van der Waals surface area contributed by atoms with Gasteiger partial charge in [-0.25, -0.2) is 0 Å². The molecule has 0 bridgehead atoms. The lowest BCUT2D eigenvalue weighted by molar-refractivity contribution is -0.119. The van der Waals surface area contributed by atoms with E-state index < -0.39 is 5.91 Å². The summed E-state index contributed by atoms with van der Waals surface area (Å²) in [5.74, 6) is 1.22. The number of aryl methyl sites for hydroxylation is 1. The van der Waals surface area contributed by atoms with Crippen molar-refractivity contribution in [2.75, 3.05) is 13.2 Å². The fraction of sp³-hybridized carbons (Fsp3) is 0.211. The molecule has 0 saturated carbocycles. The topological polar surface area (TPSA) is 100 Å². The fourth-order valence-electron chi connectivity index (χ4n) is 2.34. The summed E-state index contributed by atoms with van der Waals surface area (Å²) in [5.41, 5.74) is 7.83. The van der Waals surface area contributed by atoms with Crippen molar-refractivity contribution in [3.63, 3.8) is 0 Å². The molecular formula is C19H19N3O4. The van der Waals surface area contributed by atoms with Crippen LogP contribution in [0.4, 0.5) is 0 Å². The van der Waals surface area contributed by atoms with Crippen molar-refractivity contribution in [2.24, 2.45) is 5.73 Å². The second kappa shape index (κ2) is 7.69. The molecule has 3 rings (SSSR count). The van der Waals surface area contributed by atoms with E-state index in [0.717, 1.165) is 11.1 Å². The number of amides is 1. The fourth-order valence-corrected chi connectivity index (χ4v) is 2.34. The van der Waals surface area contributed by atoms with Gasteiger partial charge < -0.3 is 19.7 Å². The Morgan fingerprint density at radius 2 is 1.81 bits per heavy atom. The van der Waals surface area contributed by atoms with Crippen LogP contribution in [0, 0.1) is 6.92 Å². The highest BCUT2D eigenvalue weighted by atomic mass is 16.5. The van der Waals surface area contributed by atoms with E-state index in [1.165, 1.54) is 0 Å². The van der Waals surface area contributed by atoms with E-state index in [9.17, 15) is 4.79 Å². The summed E-state index contributed by atoms with van der Waals surface area (Å²) in [4.78, 5) is 15.3. The molecule has 7 nitrogen and oxygen atoms in total. The number of ether oxygens (including phenoxy) is 2. The summed E-state index contributed by atoms with van der Waals surface area (Å²) in [6.45, 7) is 4.09. The lowest BCUT2D eigenvalue weighted by atomic mass is 10.1. The van der Waals surface area contributed by atoms with Gasteiger partial charge in [0.2, 0.25) is 5.82 Å². The highest BCUT2D eigenvalue weighted by Gasteiger charge is 2.14. The molecule has 0 fully saturated rings. The van der Waals surface area contributed by atoms with Crippen molar-refractivity contribution in [1.82, 2.24) is 10.1 Å². The smallest absolute Gasteiger partial charge is 0.258 e. The maximum absolute atomic E-state index is 10.9. The van der Waals surface area contributed by atoms with Gasteiger partial charge in [0.1, 0.15) is 0 Å². The Balaban J connectivity index is 1.88. The molecule has 0 aliphatic carbocycles. The first-order valence-corrected chi connectivity index (χ1v) is 8.16. The highest BCUT2D eigenvalue weighted by molar-refractivity contribution is 5.75. The van der Waals surface area contributed by atoms with E-state index in [0.29, 0.717) is 35.4 Å². The minimum atomic E-state index is -0.558. The van der Waals surface area contributed by atoms with Crippen molar-refractivity contribution in [3.05, 3.63) is 48.0 Å². The normalized spacial score (nSPS) is 10.5. The number of rotatable bonds is 7. The molecule has 0 radical (unpaired) electrons. The van der Waals surface area contributed by atoms with Gasteiger partial charge in [0.05, 0.1) is 6.61 Å². The van der Waals surface area contributed by atoms with Gasteiger partial charge in [-0.3, -0.25) is 4.79 Å². The number of nitrogens with two attached hydrogens (primary N) is 1. The van der Waals surface area contributed by atoms with Gasteiger partial charge in [0.15, 0.2) is 18.1 Å². The summed E-state index contributed by atoms with van der Waals surface area (Å²) in [6.07, 6.45) is 0. The number of benzene rings is 2. The van der Waals surface area contributed by atoms with E-state index in [1.807, 2.05) is 38.1 Å². The third kappa shape index (κ3) is 4.00. The number of carbonyl (C=O) groups is 1. The molecule has 1 aromatic heterocycles. The first-order valence-electron chi connectivity index (χ1n) is 8.16. The number of carbonyl (C=O) groups excluding carboxylic acids is 1. The third-order valence-corrected chi connectivity index (χ3v) is 3.60. The van der Waals surface area contributed by atoms with Crippen LogP contribution in [0.1, 0.15) is 12.5 Å². The molecule has 1 amide bonds. The first-order chi connectivity index (χ1) is 12.6. The van der Waals surface area contributed by atoms with Gasteiger partial charge in [-0.15, -0.1) is 0 Å². The van der Waals surface area contributed by atoms with E-state index >= 15 is 0 Å². The summed E-state index contributed by atoms with van der Waals surface area (Å²) >= 11 is 0. The van der Waals surface area contributed by atoms with E-state index in [4.69, 9.17) is 19.7 Å². The molecule has 0 atom stereocenters. The average Bonchev–Trinajstić information content (AvgIpc) is 3.11. The van der Waals surface area contributed by atoms with Crippen LogP contribution in [-0.4, -0.2) is 29.3 Å². The molecule has 1 heterocycles. The molecule has 0 saturated heterocycles. The zero-order valence-electron chi connectivity index (χ0n) is 14.6. The first kappa shape index (κ1) is 17.5. The SMILES string of the molecule is CCOc1cc(-c2noc(-c3ccc(C)cc3)n2)ccc1OCC(N)=O. The zero-order valence-corrected chi connectivity index (χ0v) is 14.6. The van der Waals surface area contributed by atoms with Crippen molar-refractivity contribution in [1.29, 1.82) is 0 Å². The van der Waals surface area contributed by atoms with E-state index in [-0.39, 0.29) is 6.61 Å². The van der Waals surface area contributed by atoms with Crippen molar-refractivity contribution in [3.8, 4) is 34.3 Å². The van der Waals surface area contributed by atoms with Crippen LogP contribution in [0.25, 0.3) is 22.8 Å². The van der Waals surface area contributed by atoms with Crippen LogP contribution in [-0.2, 0) is 4.79 Å². The molecular weight excluding hydrogens is 334 g/mol. The number of hydrogen-bond donors (Lipinski definition) is 1. The van der Waals surface area contributed by atoms with Crippen LogP contribution >= 0.6 is 0 Å². The Labute approximate surface area is 150 Å². The van der Waals surface area contributed by atoms with Crippen LogP contribution < -0.4 is 15.2 Å². The van der Waals surface area contributed by atoms with E-state index in [1.54, 1.807) is 18.2 Å². The van der Waals surface area contributed by atoms with Gasteiger partial charge in [-0.05, 0) is 44.2 Å². The Hall–Kier alpha value is -3.35. The Bertz CT molecular complexity index is 903. The molecule has 26 heavy (non-hydrogen) atoms. The van der Waals surface area contributed by atoms with Gasteiger partial charge in [-0.1, -0.05) is 22.9 Å². The number of aromatic nitrogens is 2. The molecule has 2 aromatic carbocycles. The Kier molecular flexibility index (Phi) is 5.17. The minimum absolute atomic E-state index is 0.223. The predicted molar refractivity (Wildman–Crippen MR) is 95.8 cm³/mol. The molecule has 2 N–H and O–H groups in total. The quantitative estimate of drug-likeness (QED) is 0.701. The lowest BCUT2D eigenvalue weighted by Gasteiger charge is -2.11. The second-order valence-corrected chi connectivity index (χ2v) is 5.64. The molecule has 3 aromatic rings. The van der Waals surface area contributed by atoms with Gasteiger partial charge in [-0.2, -0.15) is 4.98 Å². The summed E-state index contributed by atoms with van der Waals surface area (Å²) in [7, 11) is 0. The third-order valence-electron chi connectivity index (χ3n) is 3.60. The largest absolute Gasteiger partial charge is 0.490 e. The predicted octanol–water partition coefficient (Wildman–Crippen LogP) is 2.97. The Morgan fingerprint density at radius 3 is 2.50 bits per heavy atom. The van der Waals surface area contributed by atoms with Crippen molar-refractivity contribution < 1.29 is 18.8 Å². The minimum Gasteiger partial charge on any atom is -0.490 e. The van der Waals surface area contributed by atoms with Crippen LogP contribution in [0.3, 0.4) is 0 Å². The van der Waals surface area contributed by atoms with Crippen molar-refractivity contribution in [2.45, 2.75) is 13.8 Å². The highest BCUT2D eigenvalue weighted by Crippen LogP contribution is 2.32. The Morgan fingerprint density at radius 1 is 1.08 bits per heavy atom. The monoisotopic (exact) mass is 353 g/mol. The second-order valence-electron chi connectivity index (χ2n) is 5.64. The zero-order chi connectivity index (χ0) is 18.5. The molecule has 0 unspecified atom stereocenters. The molecule has 0 aliphatic heterocycles. The molecule has 7 heteroatoms. The van der Waals surface area contributed by atoms with Gasteiger partial charge >= 0.3 is 0 Å². The number of primary amides is 1. The lowest BCUT2D eigenvalue weighted by Crippen LogP contribution is -2.20. The standard InChI is InChI=1S/C19H19N3O4/c1-3-24-16-10-14(8-9-15(16)25-11-17(20)23)18-21-19(26-22-18)13-6-4-12(2)5-7-13/h4-10H,3,11H2,1-2H3,(H2,20,23).